The molecule has 4 nitrogen and oxygen atoms in total. The fourth-order valence-electron chi connectivity index (χ4n) is 3.51. The van der Waals surface area contributed by atoms with Gasteiger partial charge >= 0.3 is 5.97 Å². The summed E-state index contributed by atoms with van der Waals surface area (Å²) in [7, 11) is 0. The van der Waals surface area contributed by atoms with Crippen molar-refractivity contribution in [1.82, 2.24) is 0 Å². The number of hydrogen-bond donors (Lipinski definition) is 0. The van der Waals surface area contributed by atoms with Crippen molar-refractivity contribution in [3.05, 3.63) is 23.7 Å². The fourth-order valence-corrected chi connectivity index (χ4v) is 3.51. The summed E-state index contributed by atoms with van der Waals surface area (Å²) in [5, 5.41) is 0. The van der Waals surface area contributed by atoms with Crippen LogP contribution in [0.25, 0.3) is 0 Å². The molecule has 1 heterocycles. The van der Waals surface area contributed by atoms with E-state index in [1.807, 2.05) is 0 Å². The maximum atomic E-state index is 11.8. The van der Waals surface area contributed by atoms with Crippen molar-refractivity contribution in [2.24, 2.45) is 0 Å². The van der Waals surface area contributed by atoms with Crippen molar-refractivity contribution >= 4 is 11.8 Å². The summed E-state index contributed by atoms with van der Waals surface area (Å²) < 4.78 is 10.5. The third-order valence-corrected chi connectivity index (χ3v) is 5.37. The quantitative estimate of drug-likeness (QED) is 0.134. The summed E-state index contributed by atoms with van der Waals surface area (Å²) in [5.74, 6) is 0.499. The maximum absolute atomic E-state index is 11.8. The topological polar surface area (TPSA) is 56.5 Å². The molecule has 0 fully saturated rings. The molecular formula is C25H42O4. The van der Waals surface area contributed by atoms with Crippen LogP contribution in [0, 0.1) is 0 Å². The number of ketones is 1. The Hall–Kier alpha value is -1.58. The first-order valence-electron chi connectivity index (χ1n) is 11.9. The minimum atomic E-state index is -0.194. The molecule has 0 bridgehead atoms. The first kappa shape index (κ1) is 25.5. The molecule has 0 radical (unpaired) electrons. The van der Waals surface area contributed by atoms with E-state index in [2.05, 4.69) is 6.92 Å². The van der Waals surface area contributed by atoms with Gasteiger partial charge < -0.3 is 9.15 Å². The molecule has 29 heavy (non-hydrogen) atoms. The lowest BCUT2D eigenvalue weighted by atomic mass is 10.0. The van der Waals surface area contributed by atoms with E-state index < -0.39 is 0 Å². The van der Waals surface area contributed by atoms with Crippen LogP contribution in [0.15, 0.2) is 16.5 Å². The van der Waals surface area contributed by atoms with Crippen LogP contribution < -0.4 is 0 Å². The van der Waals surface area contributed by atoms with Crippen molar-refractivity contribution in [1.29, 1.82) is 0 Å². The van der Waals surface area contributed by atoms with Crippen LogP contribution in [-0.4, -0.2) is 11.8 Å². The lowest BCUT2D eigenvalue weighted by molar-refractivity contribution is -0.145. The van der Waals surface area contributed by atoms with Crippen molar-refractivity contribution in [2.45, 2.75) is 123 Å². The Morgan fingerprint density at radius 2 is 1.24 bits per heavy atom. The summed E-state index contributed by atoms with van der Waals surface area (Å²) in [4.78, 5) is 22.9. The van der Waals surface area contributed by atoms with Crippen LogP contribution in [-0.2, 0) is 16.1 Å². The summed E-state index contributed by atoms with van der Waals surface area (Å²) in [5.41, 5.74) is 0. The molecule has 0 aromatic carbocycles. The Bertz CT molecular complexity index is 547. The van der Waals surface area contributed by atoms with Crippen LogP contribution in [0.4, 0.5) is 0 Å². The van der Waals surface area contributed by atoms with Crippen molar-refractivity contribution in [3.8, 4) is 0 Å². The number of furan rings is 1. The highest BCUT2D eigenvalue weighted by molar-refractivity contribution is 5.91. The minimum absolute atomic E-state index is 0.102. The van der Waals surface area contributed by atoms with Gasteiger partial charge in [-0.05, 0) is 18.6 Å². The van der Waals surface area contributed by atoms with Gasteiger partial charge in [0, 0.05) is 13.3 Å². The van der Waals surface area contributed by atoms with E-state index in [9.17, 15) is 9.59 Å². The first-order valence-corrected chi connectivity index (χ1v) is 11.9. The smallest absolute Gasteiger partial charge is 0.306 e. The standard InChI is InChI=1S/C25H42O4/c1-3-4-5-6-7-8-9-10-11-12-13-14-15-16-17-18-25(27)28-21-23-19-20-24(29-23)22(2)26/h19-20H,3-18,21H2,1-2H3. The lowest BCUT2D eigenvalue weighted by Gasteiger charge is -2.04. The molecule has 0 aliphatic rings. The molecule has 166 valence electrons. The Labute approximate surface area is 177 Å². The van der Waals surface area contributed by atoms with Gasteiger partial charge in [0.25, 0.3) is 0 Å². The Morgan fingerprint density at radius 3 is 1.69 bits per heavy atom. The van der Waals surface area contributed by atoms with Crippen molar-refractivity contribution in [2.75, 3.05) is 0 Å². The van der Waals surface area contributed by atoms with Crippen LogP contribution in [0.5, 0.6) is 0 Å². The molecule has 0 spiro atoms. The third-order valence-electron chi connectivity index (χ3n) is 5.37. The van der Waals surface area contributed by atoms with Crippen LogP contribution in [0.3, 0.4) is 0 Å². The number of esters is 1. The van der Waals surface area contributed by atoms with Crippen LogP contribution in [0.2, 0.25) is 0 Å². The molecule has 1 aromatic rings. The van der Waals surface area contributed by atoms with Crippen LogP contribution in [0.1, 0.15) is 133 Å². The number of Topliss-reactive ketones (excluding diaryl/α,β-unsaturated/α-hetero) is 1. The second kappa shape index (κ2) is 17.3. The van der Waals surface area contributed by atoms with Gasteiger partial charge in [-0.2, -0.15) is 0 Å². The highest BCUT2D eigenvalue weighted by Crippen LogP contribution is 2.14. The van der Waals surface area contributed by atoms with Crippen LogP contribution >= 0.6 is 0 Å². The average Bonchev–Trinajstić information content (AvgIpc) is 3.19. The molecule has 0 saturated carbocycles. The van der Waals surface area contributed by atoms with Gasteiger partial charge in [-0.15, -0.1) is 0 Å². The summed E-state index contributed by atoms with van der Waals surface area (Å²) in [6, 6.07) is 3.29. The third kappa shape index (κ3) is 14.1. The predicted octanol–water partition coefficient (Wildman–Crippen LogP) is 7.79. The van der Waals surface area contributed by atoms with Gasteiger partial charge in [0.1, 0.15) is 12.4 Å². The Kier molecular flexibility index (Phi) is 15.2. The summed E-state index contributed by atoms with van der Waals surface area (Å²) in [6.07, 6.45) is 20.1. The summed E-state index contributed by atoms with van der Waals surface area (Å²) in [6.45, 7) is 3.82. The van der Waals surface area contributed by atoms with E-state index >= 15 is 0 Å². The number of rotatable bonds is 19. The van der Waals surface area contributed by atoms with E-state index in [1.54, 1.807) is 12.1 Å². The van der Waals surface area contributed by atoms with E-state index in [0.29, 0.717) is 17.9 Å². The Balaban J connectivity index is 1.83. The molecule has 0 amide bonds. The number of carbonyl (C=O) groups is 2. The van der Waals surface area contributed by atoms with E-state index in [1.165, 1.54) is 90.4 Å². The zero-order chi connectivity index (χ0) is 21.2. The van der Waals surface area contributed by atoms with Gasteiger partial charge in [0.05, 0.1) is 0 Å². The SMILES string of the molecule is CCCCCCCCCCCCCCCCCC(=O)OCc1ccc(C(C)=O)o1. The summed E-state index contributed by atoms with van der Waals surface area (Å²) >= 11 is 0. The molecule has 4 heteroatoms. The molecule has 0 aliphatic carbocycles. The van der Waals surface area contributed by atoms with Gasteiger partial charge in [-0.25, -0.2) is 0 Å². The van der Waals surface area contributed by atoms with Gasteiger partial charge in [-0.1, -0.05) is 96.8 Å². The molecule has 1 aromatic heterocycles. The molecule has 0 saturated heterocycles. The monoisotopic (exact) mass is 406 g/mol. The normalized spacial score (nSPS) is 11.0. The maximum Gasteiger partial charge on any atom is 0.306 e. The largest absolute Gasteiger partial charge is 0.457 e. The lowest BCUT2D eigenvalue weighted by Crippen LogP contribution is -2.03. The predicted molar refractivity (Wildman–Crippen MR) is 118 cm³/mol. The molecule has 0 N–H and O–H groups in total. The van der Waals surface area contributed by atoms with Gasteiger partial charge in [-0.3, -0.25) is 9.59 Å². The van der Waals surface area contributed by atoms with E-state index in [-0.39, 0.29) is 18.4 Å². The van der Waals surface area contributed by atoms with E-state index in [0.717, 1.165) is 12.8 Å². The minimum Gasteiger partial charge on any atom is -0.457 e. The number of unbranched alkanes of at least 4 members (excludes halogenated alkanes) is 14. The van der Waals surface area contributed by atoms with Crippen molar-refractivity contribution in [3.63, 3.8) is 0 Å². The second-order valence-electron chi connectivity index (χ2n) is 8.18. The molecular weight excluding hydrogens is 364 g/mol. The highest BCUT2D eigenvalue weighted by atomic mass is 16.5. The average molecular weight is 407 g/mol. The number of carbonyl (C=O) groups excluding carboxylic acids is 2. The van der Waals surface area contributed by atoms with E-state index in [4.69, 9.17) is 9.15 Å². The molecule has 0 atom stereocenters. The fraction of sp³-hybridized carbons (Fsp3) is 0.760. The number of ether oxygens (including phenoxy) is 1. The zero-order valence-corrected chi connectivity index (χ0v) is 18.8. The molecule has 0 aliphatic heterocycles. The number of hydrogen-bond acceptors (Lipinski definition) is 4. The van der Waals surface area contributed by atoms with Gasteiger partial charge in [0.15, 0.2) is 11.5 Å². The molecule has 0 unspecified atom stereocenters. The molecule has 1 rings (SSSR count). The Morgan fingerprint density at radius 1 is 0.759 bits per heavy atom. The first-order chi connectivity index (χ1) is 14.1. The highest BCUT2D eigenvalue weighted by Gasteiger charge is 2.09. The van der Waals surface area contributed by atoms with Crippen molar-refractivity contribution < 1.29 is 18.7 Å². The van der Waals surface area contributed by atoms with Gasteiger partial charge in [0.2, 0.25) is 0 Å². The second-order valence-corrected chi connectivity index (χ2v) is 8.18. The zero-order valence-electron chi connectivity index (χ0n) is 18.8.